The third-order valence-electron chi connectivity index (χ3n) is 1.32. The standard InChI is InChI=1S/C10H10.3H2/c1-3-4-10-7-5-9(2)6-8-10;;;/h5-8H,1-2H3;3*1H. The molecule has 0 aliphatic rings. The molecule has 0 fully saturated rings. The lowest BCUT2D eigenvalue weighted by Gasteiger charge is -1.90. The third kappa shape index (κ3) is 1.63. The van der Waals surface area contributed by atoms with Crippen molar-refractivity contribution in [1.29, 1.82) is 0 Å². The lowest BCUT2D eigenvalue weighted by Crippen LogP contribution is -1.73. The van der Waals surface area contributed by atoms with E-state index in [9.17, 15) is 0 Å². The third-order valence-corrected chi connectivity index (χ3v) is 1.32. The first-order valence-electron chi connectivity index (χ1n) is 3.32. The Hall–Kier alpha value is -1.22. The Bertz CT molecular complexity index is 266. The van der Waals surface area contributed by atoms with Gasteiger partial charge in [0, 0.05) is 9.84 Å². The maximum atomic E-state index is 2.98. The van der Waals surface area contributed by atoms with Crippen LogP contribution in [0.5, 0.6) is 0 Å². The van der Waals surface area contributed by atoms with E-state index in [4.69, 9.17) is 0 Å². The number of aryl methyl sites for hydroxylation is 1. The molecule has 0 heterocycles. The number of benzene rings is 1. The van der Waals surface area contributed by atoms with E-state index in [0.717, 1.165) is 5.56 Å². The first kappa shape index (κ1) is 6.89. The normalized spacial score (nSPS) is 8.20. The van der Waals surface area contributed by atoms with E-state index in [1.54, 1.807) is 0 Å². The van der Waals surface area contributed by atoms with Crippen molar-refractivity contribution in [2.24, 2.45) is 0 Å². The first-order chi connectivity index (χ1) is 4.83. The summed E-state index contributed by atoms with van der Waals surface area (Å²) in [5, 5.41) is 0. The van der Waals surface area contributed by atoms with Gasteiger partial charge in [0.2, 0.25) is 0 Å². The van der Waals surface area contributed by atoms with Crippen LogP contribution in [0, 0.1) is 18.8 Å². The molecule has 0 spiro atoms. The smallest absolute Gasteiger partial charge is 0.0245 e. The predicted octanol–water partition coefficient (Wildman–Crippen LogP) is 3.10. The molecule has 0 radical (unpaired) electrons. The van der Waals surface area contributed by atoms with E-state index >= 15 is 0 Å². The molecule has 0 saturated heterocycles. The van der Waals surface area contributed by atoms with Crippen LogP contribution >= 0.6 is 0 Å². The van der Waals surface area contributed by atoms with Crippen molar-refractivity contribution in [3.8, 4) is 11.8 Å². The van der Waals surface area contributed by atoms with Gasteiger partial charge in [0.25, 0.3) is 0 Å². The summed E-state index contributed by atoms with van der Waals surface area (Å²) in [6.07, 6.45) is 0. The van der Waals surface area contributed by atoms with E-state index < -0.39 is 0 Å². The summed E-state index contributed by atoms with van der Waals surface area (Å²) >= 11 is 0. The second-order valence-electron chi connectivity index (χ2n) is 2.24. The molecule has 0 nitrogen and oxygen atoms in total. The molecule has 56 valence electrons. The average Bonchev–Trinajstić information content (AvgIpc) is 1.95. The second kappa shape index (κ2) is 3.08. The highest BCUT2D eigenvalue weighted by Crippen LogP contribution is 2.00. The fourth-order valence-corrected chi connectivity index (χ4v) is 0.781. The van der Waals surface area contributed by atoms with Crippen LogP contribution < -0.4 is 0 Å². The summed E-state index contributed by atoms with van der Waals surface area (Å²) in [7, 11) is 0. The first-order valence-corrected chi connectivity index (χ1v) is 3.32. The minimum atomic E-state index is 0. The molecular formula is C10H16. The van der Waals surface area contributed by atoms with Crippen molar-refractivity contribution >= 4 is 0 Å². The highest BCUT2D eigenvalue weighted by molar-refractivity contribution is 5.35. The zero-order valence-corrected chi connectivity index (χ0v) is 6.31. The van der Waals surface area contributed by atoms with E-state index in [2.05, 4.69) is 30.9 Å². The van der Waals surface area contributed by atoms with Crippen LogP contribution in [-0.4, -0.2) is 0 Å². The van der Waals surface area contributed by atoms with Gasteiger partial charge >= 0.3 is 0 Å². The fourth-order valence-electron chi connectivity index (χ4n) is 0.781. The van der Waals surface area contributed by atoms with Crippen LogP contribution in [0.4, 0.5) is 0 Å². The minimum absolute atomic E-state index is 0. The van der Waals surface area contributed by atoms with Crippen molar-refractivity contribution in [3.05, 3.63) is 35.4 Å². The molecule has 0 aliphatic carbocycles. The molecule has 1 aromatic rings. The molecule has 0 N–H and O–H groups in total. The van der Waals surface area contributed by atoms with Gasteiger partial charge in [-0.1, -0.05) is 23.6 Å². The van der Waals surface area contributed by atoms with Crippen molar-refractivity contribution in [2.45, 2.75) is 13.8 Å². The zero-order valence-electron chi connectivity index (χ0n) is 6.31. The Morgan fingerprint density at radius 1 is 1.20 bits per heavy atom. The Balaban J connectivity index is -0.000000333. The maximum absolute atomic E-state index is 2.98. The van der Waals surface area contributed by atoms with Crippen molar-refractivity contribution < 1.29 is 4.28 Å². The summed E-state index contributed by atoms with van der Waals surface area (Å²) in [5.41, 5.74) is 2.37. The lowest BCUT2D eigenvalue weighted by molar-refractivity contribution is 1.46. The van der Waals surface area contributed by atoms with Gasteiger partial charge in [0.05, 0.1) is 0 Å². The molecule has 0 unspecified atom stereocenters. The molecule has 0 aromatic heterocycles. The number of hydrogen-bond acceptors (Lipinski definition) is 0. The highest BCUT2D eigenvalue weighted by Gasteiger charge is 1.83. The molecule has 0 atom stereocenters. The highest BCUT2D eigenvalue weighted by atomic mass is 13.9. The van der Waals surface area contributed by atoms with Crippen LogP contribution in [0.1, 0.15) is 22.3 Å². The van der Waals surface area contributed by atoms with E-state index in [-0.39, 0.29) is 4.28 Å². The lowest BCUT2D eigenvalue weighted by atomic mass is 10.2. The quantitative estimate of drug-likeness (QED) is 0.481. The van der Waals surface area contributed by atoms with Crippen LogP contribution in [0.25, 0.3) is 0 Å². The largest absolute Gasteiger partial charge is 0.101 e. The molecule has 0 heteroatoms. The summed E-state index contributed by atoms with van der Waals surface area (Å²) in [6, 6.07) is 8.21. The van der Waals surface area contributed by atoms with E-state index in [1.807, 2.05) is 19.1 Å². The Morgan fingerprint density at radius 3 is 2.30 bits per heavy atom. The molecule has 10 heavy (non-hydrogen) atoms. The molecule has 1 aromatic carbocycles. The van der Waals surface area contributed by atoms with E-state index in [1.165, 1.54) is 5.56 Å². The molecule has 1 rings (SSSR count). The van der Waals surface area contributed by atoms with Crippen LogP contribution in [0.2, 0.25) is 0 Å². The topological polar surface area (TPSA) is 0 Å². The minimum Gasteiger partial charge on any atom is -0.101 e. The Morgan fingerprint density at radius 2 is 1.80 bits per heavy atom. The Labute approximate surface area is 66.3 Å². The Kier molecular flexibility index (Phi) is 2.12. The van der Waals surface area contributed by atoms with Crippen molar-refractivity contribution in [2.75, 3.05) is 0 Å². The number of rotatable bonds is 0. The predicted molar refractivity (Wildman–Crippen MR) is 50.1 cm³/mol. The zero-order chi connectivity index (χ0) is 7.40. The van der Waals surface area contributed by atoms with Crippen LogP contribution in [-0.2, 0) is 0 Å². The van der Waals surface area contributed by atoms with Gasteiger partial charge in [-0.3, -0.25) is 0 Å². The van der Waals surface area contributed by atoms with Gasteiger partial charge in [-0.2, -0.15) is 0 Å². The van der Waals surface area contributed by atoms with Gasteiger partial charge in [0.15, 0.2) is 0 Å². The monoisotopic (exact) mass is 136 g/mol. The summed E-state index contributed by atoms with van der Waals surface area (Å²) in [4.78, 5) is 0. The average molecular weight is 136 g/mol. The van der Waals surface area contributed by atoms with Gasteiger partial charge < -0.3 is 0 Å². The maximum Gasteiger partial charge on any atom is 0.0245 e. The summed E-state index contributed by atoms with van der Waals surface area (Å²) in [5.74, 6) is 5.84. The van der Waals surface area contributed by atoms with Crippen LogP contribution in [0.3, 0.4) is 0 Å². The van der Waals surface area contributed by atoms with Gasteiger partial charge in [-0.05, 0) is 26.0 Å². The number of hydrogen-bond donors (Lipinski definition) is 0. The van der Waals surface area contributed by atoms with Crippen LogP contribution in [0.15, 0.2) is 24.3 Å². The molecule has 0 bridgehead atoms. The van der Waals surface area contributed by atoms with Gasteiger partial charge in [-0.25, -0.2) is 0 Å². The van der Waals surface area contributed by atoms with Crippen molar-refractivity contribution in [1.82, 2.24) is 0 Å². The molecule has 0 aliphatic heterocycles. The molecule has 0 amide bonds. The van der Waals surface area contributed by atoms with Gasteiger partial charge in [0.1, 0.15) is 0 Å². The second-order valence-corrected chi connectivity index (χ2v) is 2.24. The molecule has 0 saturated carbocycles. The van der Waals surface area contributed by atoms with Crippen molar-refractivity contribution in [3.63, 3.8) is 0 Å². The van der Waals surface area contributed by atoms with Gasteiger partial charge in [-0.15, -0.1) is 5.92 Å². The SMILES string of the molecule is CC#Cc1ccc(C)cc1.[HH].[HH].[HH]. The fraction of sp³-hybridized carbons (Fsp3) is 0.200. The summed E-state index contributed by atoms with van der Waals surface area (Å²) in [6.45, 7) is 3.92. The molecular weight excluding hydrogens is 120 g/mol. The van der Waals surface area contributed by atoms with E-state index in [0.29, 0.717) is 0 Å². The summed E-state index contributed by atoms with van der Waals surface area (Å²) < 4.78 is 0.